The summed E-state index contributed by atoms with van der Waals surface area (Å²) < 4.78 is 33.2. The summed E-state index contributed by atoms with van der Waals surface area (Å²) in [6, 6.07) is 10.2. The second-order valence-corrected chi connectivity index (χ2v) is 8.01. The lowest BCUT2D eigenvalue weighted by molar-refractivity contribution is -0.132. The fraction of sp³-hybridized carbons (Fsp3) is 0.160. The number of aliphatic hydroxyl groups excluding tert-OH is 1. The normalized spacial score (nSPS) is 21.2. The van der Waals surface area contributed by atoms with E-state index in [4.69, 9.17) is 4.74 Å². The predicted octanol–water partition coefficient (Wildman–Crippen LogP) is 4.31. The molecule has 2 aromatic carbocycles. The number of pyridine rings is 1. The average Bonchev–Trinajstić information content (AvgIpc) is 3.31. The molecule has 2 unspecified atom stereocenters. The van der Waals surface area contributed by atoms with Crippen LogP contribution in [0.3, 0.4) is 0 Å². The van der Waals surface area contributed by atoms with Crippen molar-refractivity contribution in [2.24, 2.45) is 0 Å². The SMILES string of the molecule is CC1Cc2cc(/C(O)=C3/C(=O)C(=O)N(c4ccc(F)c(F)c4)C3c3cccnc3)ccc2O1. The lowest BCUT2D eigenvalue weighted by Crippen LogP contribution is -2.29. The number of amides is 1. The highest BCUT2D eigenvalue weighted by Gasteiger charge is 2.47. The van der Waals surface area contributed by atoms with Gasteiger partial charge in [-0.05, 0) is 54.4 Å². The Morgan fingerprint density at radius 2 is 1.94 bits per heavy atom. The predicted molar refractivity (Wildman–Crippen MR) is 116 cm³/mol. The Kier molecular flexibility index (Phi) is 4.92. The minimum absolute atomic E-state index is 0.00765. The van der Waals surface area contributed by atoms with E-state index >= 15 is 0 Å². The highest BCUT2D eigenvalue weighted by Crippen LogP contribution is 2.42. The van der Waals surface area contributed by atoms with Crippen molar-refractivity contribution in [3.8, 4) is 5.75 Å². The first-order valence-electron chi connectivity index (χ1n) is 10.3. The highest BCUT2D eigenvalue weighted by molar-refractivity contribution is 6.51. The van der Waals surface area contributed by atoms with Crippen LogP contribution in [0.25, 0.3) is 5.76 Å². The van der Waals surface area contributed by atoms with Crippen molar-refractivity contribution >= 4 is 23.1 Å². The molecule has 1 saturated heterocycles. The van der Waals surface area contributed by atoms with E-state index in [0.29, 0.717) is 23.3 Å². The number of nitrogens with zero attached hydrogens (tertiary/aromatic N) is 2. The first-order chi connectivity index (χ1) is 15.8. The van der Waals surface area contributed by atoms with E-state index in [2.05, 4.69) is 4.98 Å². The Morgan fingerprint density at radius 3 is 2.67 bits per heavy atom. The van der Waals surface area contributed by atoms with Gasteiger partial charge in [-0.25, -0.2) is 8.78 Å². The largest absolute Gasteiger partial charge is 0.507 e. The number of hydrogen-bond acceptors (Lipinski definition) is 5. The molecule has 1 aromatic heterocycles. The minimum atomic E-state index is -1.16. The molecule has 5 rings (SSSR count). The van der Waals surface area contributed by atoms with Gasteiger partial charge in [-0.15, -0.1) is 0 Å². The van der Waals surface area contributed by atoms with Crippen molar-refractivity contribution in [2.45, 2.75) is 25.5 Å². The number of aromatic nitrogens is 1. The van der Waals surface area contributed by atoms with Crippen molar-refractivity contribution < 1.29 is 28.2 Å². The summed E-state index contributed by atoms with van der Waals surface area (Å²) in [6.45, 7) is 1.93. The molecule has 0 spiro atoms. The third-order valence-electron chi connectivity index (χ3n) is 5.80. The zero-order chi connectivity index (χ0) is 23.3. The number of aliphatic hydroxyl groups is 1. The van der Waals surface area contributed by atoms with Crippen molar-refractivity contribution in [2.75, 3.05) is 4.90 Å². The molecule has 1 amide bonds. The molecule has 0 radical (unpaired) electrons. The zero-order valence-corrected chi connectivity index (χ0v) is 17.5. The van der Waals surface area contributed by atoms with Crippen LogP contribution >= 0.6 is 0 Å². The van der Waals surface area contributed by atoms with Crippen LogP contribution in [0.15, 0.2) is 66.5 Å². The highest BCUT2D eigenvalue weighted by atomic mass is 19.2. The minimum Gasteiger partial charge on any atom is -0.507 e. The van der Waals surface area contributed by atoms with E-state index in [-0.39, 0.29) is 23.1 Å². The van der Waals surface area contributed by atoms with E-state index in [1.165, 1.54) is 18.5 Å². The van der Waals surface area contributed by atoms with Crippen LogP contribution in [0.1, 0.15) is 29.7 Å². The Balaban J connectivity index is 1.69. The van der Waals surface area contributed by atoms with Crippen LogP contribution < -0.4 is 9.64 Å². The third kappa shape index (κ3) is 3.44. The number of benzene rings is 2. The molecular weight excluding hydrogens is 430 g/mol. The van der Waals surface area contributed by atoms with Crippen molar-refractivity contribution in [1.82, 2.24) is 4.98 Å². The van der Waals surface area contributed by atoms with Crippen molar-refractivity contribution in [1.29, 1.82) is 0 Å². The molecular formula is C25H18F2N2O4. The van der Waals surface area contributed by atoms with E-state index in [1.54, 1.807) is 30.3 Å². The maximum Gasteiger partial charge on any atom is 0.300 e. The number of carbonyl (C=O) groups excluding carboxylic acids is 2. The monoisotopic (exact) mass is 448 g/mol. The maximum absolute atomic E-state index is 14.0. The summed E-state index contributed by atoms with van der Waals surface area (Å²) in [7, 11) is 0. The van der Waals surface area contributed by atoms with Gasteiger partial charge in [-0.3, -0.25) is 19.5 Å². The fourth-order valence-electron chi connectivity index (χ4n) is 4.31. The number of hydrogen-bond donors (Lipinski definition) is 1. The second kappa shape index (κ2) is 7.81. The molecule has 2 aliphatic rings. The number of halogens is 2. The molecule has 0 bridgehead atoms. The summed E-state index contributed by atoms with van der Waals surface area (Å²) in [6.07, 6.45) is 3.61. The van der Waals surface area contributed by atoms with Gasteiger partial charge in [0, 0.05) is 36.1 Å². The summed E-state index contributed by atoms with van der Waals surface area (Å²) in [5, 5.41) is 11.2. The lowest BCUT2D eigenvalue weighted by Gasteiger charge is -2.25. The topological polar surface area (TPSA) is 79.7 Å². The number of ketones is 1. The second-order valence-electron chi connectivity index (χ2n) is 8.01. The van der Waals surface area contributed by atoms with Gasteiger partial charge < -0.3 is 9.84 Å². The van der Waals surface area contributed by atoms with Gasteiger partial charge in [-0.1, -0.05) is 6.07 Å². The number of Topliss-reactive ketones (excluding diaryl/α,β-unsaturated/α-hetero) is 1. The Morgan fingerprint density at radius 1 is 1.12 bits per heavy atom. The summed E-state index contributed by atoms with van der Waals surface area (Å²) in [4.78, 5) is 31.2. The first-order valence-corrected chi connectivity index (χ1v) is 10.3. The van der Waals surface area contributed by atoms with Crippen LogP contribution in [0.4, 0.5) is 14.5 Å². The molecule has 1 N–H and O–H groups in total. The summed E-state index contributed by atoms with van der Waals surface area (Å²) in [5.74, 6) is -3.81. The van der Waals surface area contributed by atoms with Crippen LogP contribution in [-0.2, 0) is 16.0 Å². The third-order valence-corrected chi connectivity index (χ3v) is 5.80. The van der Waals surface area contributed by atoms with Gasteiger partial charge in [0.1, 0.15) is 17.6 Å². The Labute approximate surface area is 187 Å². The van der Waals surface area contributed by atoms with Crippen LogP contribution in [-0.4, -0.2) is 27.9 Å². The molecule has 8 heteroatoms. The number of ether oxygens (including phenoxy) is 1. The van der Waals surface area contributed by atoms with Gasteiger partial charge in [0.25, 0.3) is 11.7 Å². The van der Waals surface area contributed by atoms with Gasteiger partial charge in [0.2, 0.25) is 0 Å². The Bertz CT molecular complexity index is 1320. The Hall–Kier alpha value is -4.07. The van der Waals surface area contributed by atoms with E-state index in [1.807, 2.05) is 6.92 Å². The molecule has 0 aliphatic carbocycles. The van der Waals surface area contributed by atoms with Gasteiger partial charge >= 0.3 is 0 Å². The first kappa shape index (κ1) is 20.8. The van der Waals surface area contributed by atoms with Gasteiger partial charge in [0.15, 0.2) is 11.6 Å². The van der Waals surface area contributed by atoms with E-state index < -0.39 is 29.4 Å². The lowest BCUT2D eigenvalue weighted by atomic mass is 9.95. The number of anilines is 1. The molecule has 2 aliphatic heterocycles. The molecule has 1 fully saturated rings. The smallest absolute Gasteiger partial charge is 0.300 e. The fourth-order valence-corrected chi connectivity index (χ4v) is 4.31. The number of rotatable bonds is 3. The number of fused-ring (bicyclic) bond motifs is 1. The average molecular weight is 448 g/mol. The molecule has 6 nitrogen and oxygen atoms in total. The molecule has 166 valence electrons. The van der Waals surface area contributed by atoms with Crippen LogP contribution in [0.5, 0.6) is 5.75 Å². The molecule has 33 heavy (non-hydrogen) atoms. The molecule has 3 aromatic rings. The van der Waals surface area contributed by atoms with Gasteiger partial charge in [-0.2, -0.15) is 0 Å². The van der Waals surface area contributed by atoms with Crippen LogP contribution in [0, 0.1) is 11.6 Å². The molecule has 3 heterocycles. The quantitative estimate of drug-likeness (QED) is 0.367. The zero-order valence-electron chi connectivity index (χ0n) is 17.5. The van der Waals surface area contributed by atoms with Crippen molar-refractivity contribution in [3.63, 3.8) is 0 Å². The molecule has 0 saturated carbocycles. The maximum atomic E-state index is 14.0. The van der Waals surface area contributed by atoms with Crippen LogP contribution in [0.2, 0.25) is 0 Å². The summed E-state index contributed by atoms with van der Waals surface area (Å²) in [5.41, 5.74) is 1.48. The van der Waals surface area contributed by atoms with Crippen molar-refractivity contribution in [3.05, 3.63) is 94.8 Å². The molecule has 2 atom stereocenters. The number of carbonyl (C=O) groups is 2. The van der Waals surface area contributed by atoms with E-state index in [0.717, 1.165) is 22.6 Å². The van der Waals surface area contributed by atoms with E-state index in [9.17, 15) is 23.5 Å². The standard InChI is InChI=1S/C25H18F2N2O4/c1-13-9-16-10-14(4-7-20(16)33-13)23(30)21-22(15-3-2-8-28-12-15)29(25(32)24(21)31)17-5-6-18(26)19(27)11-17/h2-8,10-13,22,30H,9H2,1H3/b23-21-. The van der Waals surface area contributed by atoms with Gasteiger partial charge in [0.05, 0.1) is 11.6 Å². The summed E-state index contributed by atoms with van der Waals surface area (Å²) >= 11 is 0.